The SMILES string of the molecule is CCCCCCCCCCC[N+](C)(CBr)CCCCCCCCCCC.[Cl-]. The second-order valence-corrected chi connectivity index (χ2v) is 9.34. The summed E-state index contributed by atoms with van der Waals surface area (Å²) >= 11 is 3.78. The van der Waals surface area contributed by atoms with Gasteiger partial charge in [-0.15, -0.1) is 0 Å². The second kappa shape index (κ2) is 23.0. The number of halogens is 2. The number of hydrogen-bond acceptors (Lipinski definition) is 0. The number of nitrogens with zero attached hydrogens (tertiary/aromatic N) is 1. The van der Waals surface area contributed by atoms with Crippen LogP contribution in [0.4, 0.5) is 0 Å². The van der Waals surface area contributed by atoms with Crippen LogP contribution in [-0.4, -0.2) is 30.1 Å². The molecule has 0 aromatic heterocycles. The van der Waals surface area contributed by atoms with Gasteiger partial charge in [0.2, 0.25) is 0 Å². The van der Waals surface area contributed by atoms with Gasteiger partial charge >= 0.3 is 0 Å². The highest BCUT2D eigenvalue weighted by Crippen LogP contribution is 2.16. The van der Waals surface area contributed by atoms with E-state index in [0.29, 0.717) is 0 Å². The van der Waals surface area contributed by atoms with Gasteiger partial charge in [-0.3, -0.25) is 0 Å². The second-order valence-electron chi connectivity index (χ2n) is 8.84. The van der Waals surface area contributed by atoms with Crippen LogP contribution >= 0.6 is 15.9 Å². The van der Waals surface area contributed by atoms with Crippen molar-refractivity contribution in [2.45, 2.75) is 129 Å². The van der Waals surface area contributed by atoms with Crippen LogP contribution in [0.15, 0.2) is 0 Å². The summed E-state index contributed by atoms with van der Waals surface area (Å²) in [4.78, 5) is 0. The van der Waals surface area contributed by atoms with E-state index in [9.17, 15) is 0 Å². The van der Waals surface area contributed by atoms with Crippen molar-refractivity contribution in [2.24, 2.45) is 0 Å². The van der Waals surface area contributed by atoms with Gasteiger partial charge in [-0.05, 0) is 41.6 Å². The maximum atomic E-state index is 3.78. The summed E-state index contributed by atoms with van der Waals surface area (Å²) in [6.07, 6.45) is 25.8. The quantitative estimate of drug-likeness (QED) is 0.0857. The molecule has 3 heteroatoms. The highest BCUT2D eigenvalue weighted by Gasteiger charge is 2.18. The number of rotatable bonds is 21. The molecule has 166 valence electrons. The van der Waals surface area contributed by atoms with E-state index in [-0.39, 0.29) is 12.4 Å². The van der Waals surface area contributed by atoms with Gasteiger partial charge in [0.25, 0.3) is 0 Å². The van der Waals surface area contributed by atoms with E-state index < -0.39 is 0 Å². The summed E-state index contributed by atoms with van der Waals surface area (Å²) in [5.74, 6) is 0. The Balaban J connectivity index is 0. The molecule has 0 aromatic carbocycles. The number of alkyl halides is 1. The van der Waals surface area contributed by atoms with Crippen molar-refractivity contribution in [3.05, 3.63) is 0 Å². The number of quaternary nitrogens is 1. The molecule has 0 unspecified atom stereocenters. The Morgan fingerprint density at radius 1 is 0.481 bits per heavy atom. The van der Waals surface area contributed by atoms with Crippen molar-refractivity contribution in [1.82, 2.24) is 0 Å². The van der Waals surface area contributed by atoms with Gasteiger partial charge in [0.05, 0.1) is 20.1 Å². The van der Waals surface area contributed by atoms with Gasteiger partial charge in [0.1, 0.15) is 5.45 Å². The van der Waals surface area contributed by atoms with Crippen LogP contribution in [0.2, 0.25) is 0 Å². The van der Waals surface area contributed by atoms with Crippen LogP contribution < -0.4 is 12.4 Å². The fraction of sp³-hybridized carbons (Fsp3) is 1.00. The molecule has 27 heavy (non-hydrogen) atoms. The fourth-order valence-corrected chi connectivity index (χ4v) is 4.34. The van der Waals surface area contributed by atoms with Crippen LogP contribution in [0.5, 0.6) is 0 Å². The van der Waals surface area contributed by atoms with Crippen molar-refractivity contribution in [2.75, 3.05) is 25.6 Å². The summed E-state index contributed by atoms with van der Waals surface area (Å²) in [5.41, 5.74) is 1.13. The van der Waals surface area contributed by atoms with E-state index in [1.54, 1.807) is 0 Å². The minimum absolute atomic E-state index is 0. The third-order valence-electron chi connectivity index (χ3n) is 5.89. The summed E-state index contributed by atoms with van der Waals surface area (Å²) in [7, 11) is 2.45. The molecule has 0 spiro atoms. The maximum absolute atomic E-state index is 3.78. The zero-order chi connectivity index (χ0) is 19.3. The highest BCUT2D eigenvalue weighted by atomic mass is 79.9. The van der Waals surface area contributed by atoms with Crippen LogP contribution in [0, 0.1) is 0 Å². The molecule has 0 aliphatic heterocycles. The van der Waals surface area contributed by atoms with Crippen molar-refractivity contribution in [1.29, 1.82) is 0 Å². The first-order valence-electron chi connectivity index (χ1n) is 12.1. The largest absolute Gasteiger partial charge is 1.00 e. The Morgan fingerprint density at radius 3 is 1.00 bits per heavy atom. The van der Waals surface area contributed by atoms with Crippen molar-refractivity contribution >= 4 is 15.9 Å². The van der Waals surface area contributed by atoms with Crippen LogP contribution in [0.3, 0.4) is 0 Å². The smallest absolute Gasteiger partial charge is 0.134 e. The minimum Gasteiger partial charge on any atom is -1.00 e. The molecule has 0 N–H and O–H groups in total. The van der Waals surface area contributed by atoms with Gasteiger partial charge in [-0.1, -0.05) is 104 Å². The topological polar surface area (TPSA) is 0 Å². The van der Waals surface area contributed by atoms with Gasteiger partial charge < -0.3 is 16.9 Å². The normalized spacial score (nSPS) is 11.6. The predicted octanol–water partition coefficient (Wildman–Crippen LogP) is 5.85. The van der Waals surface area contributed by atoms with E-state index in [1.165, 1.54) is 133 Å². The summed E-state index contributed by atoms with van der Waals surface area (Å²) in [6.45, 7) is 7.32. The molecule has 0 heterocycles. The molecule has 0 saturated carbocycles. The molecule has 0 rings (SSSR count). The molecular weight excluding hydrogens is 418 g/mol. The molecule has 0 bridgehead atoms. The van der Waals surface area contributed by atoms with Crippen LogP contribution in [0.25, 0.3) is 0 Å². The lowest BCUT2D eigenvalue weighted by molar-refractivity contribution is -0.896. The molecule has 0 amide bonds. The molecule has 0 aliphatic rings. The molecule has 0 atom stereocenters. The molecule has 0 aromatic rings. The average molecular weight is 469 g/mol. The third kappa shape index (κ3) is 21.3. The minimum atomic E-state index is 0. The molecule has 1 nitrogen and oxygen atoms in total. The molecular formula is C24H51BrClN. The van der Waals surface area contributed by atoms with E-state index in [0.717, 1.165) is 5.45 Å². The van der Waals surface area contributed by atoms with Gasteiger partial charge in [-0.25, -0.2) is 0 Å². The first kappa shape index (κ1) is 29.9. The van der Waals surface area contributed by atoms with Gasteiger partial charge in [0.15, 0.2) is 0 Å². The van der Waals surface area contributed by atoms with Gasteiger partial charge in [-0.2, -0.15) is 0 Å². The van der Waals surface area contributed by atoms with Crippen LogP contribution in [0.1, 0.15) is 129 Å². The Morgan fingerprint density at radius 2 is 0.741 bits per heavy atom. The Labute approximate surface area is 187 Å². The summed E-state index contributed by atoms with van der Waals surface area (Å²) in [6, 6.07) is 0. The summed E-state index contributed by atoms with van der Waals surface area (Å²) in [5, 5.41) is 0. The lowest BCUT2D eigenvalue weighted by atomic mass is 10.1. The predicted molar refractivity (Wildman–Crippen MR) is 124 cm³/mol. The number of unbranched alkanes of at least 4 members (excludes halogenated alkanes) is 16. The maximum Gasteiger partial charge on any atom is 0.134 e. The standard InChI is InChI=1S/C24H51BrN.ClH/c1-4-6-8-10-12-14-16-18-20-22-26(3,24-25)23-21-19-17-15-13-11-9-7-5-2;/h4-24H2,1-3H3;1H/q+1;/p-1. The first-order valence-corrected chi connectivity index (χ1v) is 13.2. The molecule has 0 aliphatic carbocycles. The van der Waals surface area contributed by atoms with E-state index >= 15 is 0 Å². The van der Waals surface area contributed by atoms with Gasteiger partial charge in [0, 0.05) is 0 Å². The Bertz CT molecular complexity index is 251. The lowest BCUT2D eigenvalue weighted by Gasteiger charge is -2.32. The van der Waals surface area contributed by atoms with E-state index in [4.69, 9.17) is 0 Å². The molecule has 0 saturated heterocycles. The van der Waals surface area contributed by atoms with Crippen LogP contribution in [-0.2, 0) is 0 Å². The zero-order valence-electron chi connectivity index (χ0n) is 19.1. The van der Waals surface area contributed by atoms with E-state index in [2.05, 4.69) is 36.8 Å². The van der Waals surface area contributed by atoms with E-state index in [1.807, 2.05) is 0 Å². The monoisotopic (exact) mass is 467 g/mol. The average Bonchev–Trinajstić information content (AvgIpc) is 2.65. The Kier molecular flexibility index (Phi) is 25.5. The Hall–Kier alpha value is 0.730. The summed E-state index contributed by atoms with van der Waals surface area (Å²) < 4.78 is 1.23. The molecule has 0 fully saturated rings. The lowest BCUT2D eigenvalue weighted by Crippen LogP contribution is -3.00. The molecule has 0 radical (unpaired) electrons. The van der Waals surface area contributed by atoms with Crippen molar-refractivity contribution < 1.29 is 16.9 Å². The van der Waals surface area contributed by atoms with Crippen molar-refractivity contribution in [3.8, 4) is 0 Å². The first-order chi connectivity index (χ1) is 12.7. The van der Waals surface area contributed by atoms with Crippen molar-refractivity contribution in [3.63, 3.8) is 0 Å². The number of hydrogen-bond donors (Lipinski definition) is 0. The zero-order valence-corrected chi connectivity index (χ0v) is 21.4. The fourth-order valence-electron chi connectivity index (χ4n) is 3.84. The highest BCUT2D eigenvalue weighted by molar-refractivity contribution is 9.09. The third-order valence-corrected chi connectivity index (χ3v) is 7.10.